The Morgan fingerprint density at radius 2 is 1.78 bits per heavy atom. The van der Waals surface area contributed by atoms with Crippen LogP contribution in [0.5, 0.6) is 0 Å². The van der Waals surface area contributed by atoms with E-state index in [-0.39, 0.29) is 0 Å². The van der Waals surface area contributed by atoms with Gasteiger partial charge in [-0.05, 0) is 74.0 Å². The summed E-state index contributed by atoms with van der Waals surface area (Å²) < 4.78 is 0. The summed E-state index contributed by atoms with van der Waals surface area (Å²) in [6, 6.07) is 0. The van der Waals surface area contributed by atoms with Gasteiger partial charge in [-0.2, -0.15) is 0 Å². The monoisotopic (exact) mass is 246 g/mol. The van der Waals surface area contributed by atoms with Crippen LogP contribution in [0, 0.1) is 29.1 Å². The maximum Gasteiger partial charge on any atom is -0.0167 e. The molecule has 3 fully saturated rings. The van der Waals surface area contributed by atoms with E-state index in [2.05, 4.69) is 27.7 Å². The van der Waals surface area contributed by atoms with Crippen molar-refractivity contribution in [1.82, 2.24) is 0 Å². The van der Waals surface area contributed by atoms with Crippen molar-refractivity contribution >= 4 is 0 Å². The molecule has 0 aliphatic heterocycles. The van der Waals surface area contributed by atoms with Crippen LogP contribution >= 0.6 is 0 Å². The third-order valence-electron chi connectivity index (χ3n) is 5.58. The smallest absolute Gasteiger partial charge is 0.0167 e. The van der Waals surface area contributed by atoms with E-state index in [0.29, 0.717) is 5.41 Å². The summed E-state index contributed by atoms with van der Waals surface area (Å²) in [6.07, 6.45) is 10.4. The Morgan fingerprint density at radius 3 is 2.17 bits per heavy atom. The molecule has 102 valence electrons. The van der Waals surface area contributed by atoms with Crippen molar-refractivity contribution in [3.05, 3.63) is 11.1 Å². The van der Waals surface area contributed by atoms with Crippen LogP contribution in [0.2, 0.25) is 0 Å². The number of hydrogen-bond acceptors (Lipinski definition) is 0. The topological polar surface area (TPSA) is 0 Å². The van der Waals surface area contributed by atoms with Crippen LogP contribution < -0.4 is 0 Å². The van der Waals surface area contributed by atoms with E-state index in [1.54, 1.807) is 0 Å². The number of rotatable bonds is 4. The van der Waals surface area contributed by atoms with Crippen LogP contribution in [-0.2, 0) is 0 Å². The lowest BCUT2D eigenvalue weighted by molar-refractivity contribution is 0.148. The summed E-state index contributed by atoms with van der Waals surface area (Å²) in [5.41, 5.74) is 4.14. The molecule has 3 aliphatic rings. The van der Waals surface area contributed by atoms with Crippen LogP contribution in [0.15, 0.2) is 11.1 Å². The first-order valence-corrected chi connectivity index (χ1v) is 8.19. The third kappa shape index (κ3) is 2.53. The second-order valence-electron chi connectivity index (χ2n) is 8.26. The summed E-state index contributed by atoms with van der Waals surface area (Å²) in [5.74, 6) is 4.09. The summed E-state index contributed by atoms with van der Waals surface area (Å²) >= 11 is 0. The van der Waals surface area contributed by atoms with Crippen molar-refractivity contribution in [2.24, 2.45) is 29.1 Å². The van der Waals surface area contributed by atoms with Gasteiger partial charge >= 0.3 is 0 Å². The zero-order chi connectivity index (χ0) is 12.9. The molecule has 0 heterocycles. The van der Waals surface area contributed by atoms with Gasteiger partial charge in [-0.15, -0.1) is 0 Å². The molecular weight excluding hydrogens is 216 g/mol. The van der Waals surface area contributed by atoms with Gasteiger partial charge in [0, 0.05) is 0 Å². The van der Waals surface area contributed by atoms with Gasteiger partial charge in [0.05, 0.1) is 0 Å². The SMILES string of the molecule is CC(CC1CCC1C(=C1CC1)C(C)(C)C)C1CC1. The molecule has 3 aliphatic carbocycles. The first-order chi connectivity index (χ1) is 8.47. The Kier molecular flexibility index (Phi) is 3.11. The molecule has 0 saturated heterocycles. The van der Waals surface area contributed by atoms with Crippen molar-refractivity contribution in [3.8, 4) is 0 Å². The van der Waals surface area contributed by atoms with Crippen molar-refractivity contribution in [1.29, 1.82) is 0 Å². The number of allylic oxidation sites excluding steroid dienone is 2. The normalized spacial score (nSPS) is 33.0. The van der Waals surface area contributed by atoms with Gasteiger partial charge in [-0.25, -0.2) is 0 Å². The lowest BCUT2D eigenvalue weighted by atomic mass is 9.61. The van der Waals surface area contributed by atoms with Crippen LogP contribution in [0.4, 0.5) is 0 Å². The van der Waals surface area contributed by atoms with Gasteiger partial charge in [0.1, 0.15) is 0 Å². The molecule has 0 N–H and O–H groups in total. The average Bonchev–Trinajstić information content (AvgIpc) is 3.10. The van der Waals surface area contributed by atoms with Crippen LogP contribution in [-0.4, -0.2) is 0 Å². The molecule has 0 nitrogen and oxygen atoms in total. The van der Waals surface area contributed by atoms with Crippen LogP contribution in [0.3, 0.4) is 0 Å². The van der Waals surface area contributed by atoms with E-state index in [9.17, 15) is 0 Å². The van der Waals surface area contributed by atoms with Crippen molar-refractivity contribution in [2.75, 3.05) is 0 Å². The van der Waals surface area contributed by atoms with Gasteiger partial charge in [-0.1, -0.05) is 38.8 Å². The highest BCUT2D eigenvalue weighted by atomic mass is 14.5. The van der Waals surface area contributed by atoms with E-state index in [4.69, 9.17) is 0 Å². The third-order valence-corrected chi connectivity index (χ3v) is 5.58. The molecule has 0 aromatic heterocycles. The molecule has 0 amide bonds. The fourth-order valence-electron chi connectivity index (χ4n) is 4.25. The average molecular weight is 246 g/mol. The van der Waals surface area contributed by atoms with E-state index in [1.807, 2.05) is 11.1 Å². The summed E-state index contributed by atoms with van der Waals surface area (Å²) in [6.45, 7) is 9.82. The molecule has 3 saturated carbocycles. The van der Waals surface area contributed by atoms with Crippen molar-refractivity contribution in [3.63, 3.8) is 0 Å². The predicted molar refractivity (Wildman–Crippen MR) is 78.4 cm³/mol. The second-order valence-corrected chi connectivity index (χ2v) is 8.26. The van der Waals surface area contributed by atoms with E-state index >= 15 is 0 Å². The minimum Gasteiger partial charge on any atom is -0.0696 e. The number of hydrogen-bond donors (Lipinski definition) is 0. The van der Waals surface area contributed by atoms with Crippen LogP contribution in [0.1, 0.15) is 72.6 Å². The molecule has 18 heavy (non-hydrogen) atoms. The highest BCUT2D eigenvalue weighted by molar-refractivity contribution is 5.32. The lowest BCUT2D eigenvalue weighted by Crippen LogP contribution is -2.34. The standard InChI is InChI=1S/C18H30/c1-12(13-5-6-13)11-15-9-10-16(15)17(14-7-8-14)18(2,3)4/h12-13,15-16H,5-11H2,1-4H3. The zero-order valence-electron chi connectivity index (χ0n) is 12.8. The molecule has 0 heteroatoms. The highest BCUT2D eigenvalue weighted by Crippen LogP contribution is 2.54. The molecule has 3 atom stereocenters. The van der Waals surface area contributed by atoms with Gasteiger partial charge < -0.3 is 0 Å². The van der Waals surface area contributed by atoms with Crippen molar-refractivity contribution < 1.29 is 0 Å². The lowest BCUT2D eigenvalue weighted by Gasteiger charge is -2.44. The molecule has 0 bridgehead atoms. The maximum atomic E-state index is 2.51. The van der Waals surface area contributed by atoms with Gasteiger partial charge in [0.25, 0.3) is 0 Å². The highest BCUT2D eigenvalue weighted by Gasteiger charge is 2.42. The summed E-state index contributed by atoms with van der Waals surface area (Å²) in [5, 5.41) is 0. The van der Waals surface area contributed by atoms with Gasteiger partial charge in [-0.3, -0.25) is 0 Å². The molecule has 3 rings (SSSR count). The van der Waals surface area contributed by atoms with Crippen molar-refractivity contribution in [2.45, 2.75) is 72.6 Å². The molecule has 3 unspecified atom stereocenters. The fraction of sp³-hybridized carbons (Fsp3) is 0.889. The minimum atomic E-state index is 0.429. The quantitative estimate of drug-likeness (QED) is 0.568. The Bertz CT molecular complexity index is 345. The Hall–Kier alpha value is -0.260. The first-order valence-electron chi connectivity index (χ1n) is 8.19. The summed E-state index contributed by atoms with van der Waals surface area (Å²) in [4.78, 5) is 0. The van der Waals surface area contributed by atoms with Gasteiger partial charge in [0.15, 0.2) is 0 Å². The predicted octanol–water partition coefficient (Wildman–Crippen LogP) is 5.59. The second kappa shape index (κ2) is 4.39. The molecule has 0 aromatic rings. The molecule has 0 radical (unpaired) electrons. The van der Waals surface area contributed by atoms with Crippen LogP contribution in [0.25, 0.3) is 0 Å². The van der Waals surface area contributed by atoms with E-state index < -0.39 is 0 Å². The molecule has 0 aromatic carbocycles. The minimum absolute atomic E-state index is 0.429. The zero-order valence-corrected chi connectivity index (χ0v) is 12.8. The molecule has 0 spiro atoms. The summed E-state index contributed by atoms with van der Waals surface area (Å²) in [7, 11) is 0. The Balaban J connectivity index is 1.66. The van der Waals surface area contributed by atoms with E-state index in [0.717, 1.165) is 23.7 Å². The Labute approximate surface area is 113 Å². The maximum absolute atomic E-state index is 2.51. The van der Waals surface area contributed by atoms with Gasteiger partial charge in [0.2, 0.25) is 0 Å². The first kappa shape index (κ1) is 12.8. The fourth-order valence-corrected chi connectivity index (χ4v) is 4.25. The van der Waals surface area contributed by atoms with E-state index in [1.165, 1.54) is 44.9 Å². The molecular formula is C18H30. The Morgan fingerprint density at radius 1 is 1.11 bits per heavy atom. The largest absolute Gasteiger partial charge is 0.0696 e.